The average molecular weight is 312 g/mol. The summed E-state index contributed by atoms with van der Waals surface area (Å²) in [5, 5.41) is 12.4. The summed E-state index contributed by atoms with van der Waals surface area (Å²) in [6.45, 7) is 1.92. The highest BCUT2D eigenvalue weighted by Gasteiger charge is 2.25. The molecule has 0 bridgehead atoms. The quantitative estimate of drug-likeness (QED) is 0.512. The summed E-state index contributed by atoms with van der Waals surface area (Å²) >= 11 is 3.34. The van der Waals surface area contributed by atoms with E-state index in [0.717, 1.165) is 5.56 Å². The third-order valence-electron chi connectivity index (χ3n) is 3.07. The zero-order valence-electron chi connectivity index (χ0n) is 10.00. The van der Waals surface area contributed by atoms with E-state index in [1.807, 2.05) is 6.92 Å². The van der Waals surface area contributed by atoms with E-state index < -0.39 is 0 Å². The molecule has 1 aromatic carbocycles. The molecule has 1 unspecified atom stereocenters. The number of rotatable bonds is 3. The second kappa shape index (κ2) is 5.10. The number of phenolic OH excluding ortho intramolecular Hbond substituents is 1. The Labute approximate surface area is 114 Å². The van der Waals surface area contributed by atoms with Crippen LogP contribution in [0, 0.1) is 0 Å². The lowest BCUT2D eigenvalue weighted by atomic mass is 9.93. The second-order valence-corrected chi connectivity index (χ2v) is 5.38. The highest BCUT2D eigenvalue weighted by atomic mass is 79.9. The maximum atomic E-state index is 12.2. The van der Waals surface area contributed by atoms with Gasteiger partial charge in [-0.15, -0.1) is 0 Å². The predicted octanol–water partition coefficient (Wildman–Crippen LogP) is 2.63. The minimum atomic E-state index is -0.233. The Kier molecular flexibility index (Phi) is 3.71. The van der Waals surface area contributed by atoms with Crippen molar-refractivity contribution < 1.29 is 14.7 Å². The topological polar surface area (TPSA) is 66.4 Å². The summed E-state index contributed by atoms with van der Waals surface area (Å²) in [6, 6.07) is 3.07. The van der Waals surface area contributed by atoms with Crippen molar-refractivity contribution in [3.05, 3.63) is 23.3 Å². The molecule has 0 radical (unpaired) electrons. The number of fused-ring (bicyclic) bond motifs is 1. The van der Waals surface area contributed by atoms with Crippen molar-refractivity contribution in [3.8, 4) is 5.75 Å². The summed E-state index contributed by atoms with van der Waals surface area (Å²) in [4.78, 5) is 23.3. The van der Waals surface area contributed by atoms with Gasteiger partial charge >= 0.3 is 0 Å². The van der Waals surface area contributed by atoms with Crippen LogP contribution in [0.25, 0.3) is 0 Å². The van der Waals surface area contributed by atoms with Gasteiger partial charge in [0, 0.05) is 12.0 Å². The minimum Gasteiger partial charge on any atom is -0.506 e. The van der Waals surface area contributed by atoms with Crippen molar-refractivity contribution in [2.75, 3.05) is 5.32 Å². The maximum Gasteiger partial charge on any atom is 0.224 e. The first-order chi connectivity index (χ1) is 8.54. The molecule has 96 valence electrons. The molecule has 1 aliphatic rings. The molecule has 0 fully saturated rings. The zero-order chi connectivity index (χ0) is 13.3. The van der Waals surface area contributed by atoms with E-state index in [-0.39, 0.29) is 22.3 Å². The van der Waals surface area contributed by atoms with Gasteiger partial charge in [-0.25, -0.2) is 0 Å². The Morgan fingerprint density at radius 1 is 1.50 bits per heavy atom. The number of phenols is 1. The van der Waals surface area contributed by atoms with Crippen LogP contribution in [-0.2, 0) is 11.2 Å². The third-order valence-corrected chi connectivity index (χ3v) is 4.13. The lowest BCUT2D eigenvalue weighted by Crippen LogP contribution is -2.23. The first-order valence-electron chi connectivity index (χ1n) is 5.87. The Bertz CT molecular complexity index is 513. The van der Waals surface area contributed by atoms with Crippen molar-refractivity contribution in [2.45, 2.75) is 31.0 Å². The third kappa shape index (κ3) is 2.27. The van der Waals surface area contributed by atoms with Crippen molar-refractivity contribution in [1.29, 1.82) is 0 Å². The molecular formula is C13H14BrNO3. The molecule has 0 saturated heterocycles. The number of carbonyl (C=O) groups excluding carboxylic acids is 2. The van der Waals surface area contributed by atoms with Crippen LogP contribution < -0.4 is 5.32 Å². The fourth-order valence-corrected chi connectivity index (χ4v) is 2.31. The van der Waals surface area contributed by atoms with Crippen molar-refractivity contribution in [2.24, 2.45) is 0 Å². The minimum absolute atomic E-state index is 0.00935. The van der Waals surface area contributed by atoms with Crippen molar-refractivity contribution >= 4 is 33.3 Å². The summed E-state index contributed by atoms with van der Waals surface area (Å²) < 4.78 is 0. The first-order valence-corrected chi connectivity index (χ1v) is 6.79. The van der Waals surface area contributed by atoms with Gasteiger partial charge in [0.05, 0.1) is 10.5 Å². The highest BCUT2D eigenvalue weighted by molar-refractivity contribution is 9.10. The van der Waals surface area contributed by atoms with Crippen LogP contribution in [0.3, 0.4) is 0 Å². The Morgan fingerprint density at radius 3 is 2.89 bits per heavy atom. The molecule has 18 heavy (non-hydrogen) atoms. The molecular weight excluding hydrogens is 298 g/mol. The lowest BCUT2D eigenvalue weighted by molar-refractivity contribution is -0.116. The first kappa shape index (κ1) is 13.1. The number of carbonyl (C=O) groups is 2. The molecule has 0 spiro atoms. The molecule has 1 atom stereocenters. The molecule has 0 saturated carbocycles. The number of benzene rings is 1. The van der Waals surface area contributed by atoms with E-state index in [4.69, 9.17) is 0 Å². The van der Waals surface area contributed by atoms with Gasteiger partial charge in [0.25, 0.3) is 0 Å². The normalized spacial score (nSPS) is 15.8. The molecule has 0 aromatic heterocycles. The summed E-state index contributed by atoms with van der Waals surface area (Å²) in [7, 11) is 0. The number of anilines is 1. The van der Waals surface area contributed by atoms with Gasteiger partial charge in [0.2, 0.25) is 5.91 Å². The molecule has 0 aliphatic carbocycles. The second-order valence-electron chi connectivity index (χ2n) is 4.27. The summed E-state index contributed by atoms with van der Waals surface area (Å²) in [5.74, 6) is -0.129. The molecule has 1 amide bonds. The largest absolute Gasteiger partial charge is 0.506 e. The van der Waals surface area contributed by atoms with Crippen molar-refractivity contribution in [3.63, 3.8) is 0 Å². The van der Waals surface area contributed by atoms with Crippen LogP contribution in [0.15, 0.2) is 12.1 Å². The molecule has 1 heterocycles. The lowest BCUT2D eigenvalue weighted by Gasteiger charge is -2.21. The zero-order valence-corrected chi connectivity index (χ0v) is 11.6. The fraction of sp³-hybridized carbons (Fsp3) is 0.385. The molecule has 5 heteroatoms. The van der Waals surface area contributed by atoms with Crippen LogP contribution in [-0.4, -0.2) is 21.6 Å². The van der Waals surface area contributed by atoms with Crippen molar-refractivity contribution in [1.82, 2.24) is 0 Å². The number of aromatic hydroxyl groups is 1. The van der Waals surface area contributed by atoms with Crippen LogP contribution in [0.2, 0.25) is 0 Å². The Balaban J connectivity index is 2.48. The number of halogens is 1. The average Bonchev–Trinajstić information content (AvgIpc) is 2.38. The van der Waals surface area contributed by atoms with Gasteiger partial charge in [-0.05, 0) is 30.5 Å². The molecule has 1 aliphatic heterocycles. The van der Waals surface area contributed by atoms with Gasteiger partial charge < -0.3 is 10.4 Å². The number of Topliss-reactive ketones (excluding diaryl/α,β-unsaturated/α-hetero) is 1. The fourth-order valence-electron chi connectivity index (χ4n) is 2.06. The van der Waals surface area contributed by atoms with Crippen LogP contribution in [0.5, 0.6) is 5.75 Å². The molecule has 1 aromatic rings. The number of ketones is 1. The van der Waals surface area contributed by atoms with Gasteiger partial charge in [-0.2, -0.15) is 0 Å². The number of nitrogens with one attached hydrogen (secondary N) is 1. The van der Waals surface area contributed by atoms with E-state index in [1.165, 1.54) is 6.07 Å². The number of alkyl halides is 1. The Hall–Kier alpha value is -1.36. The van der Waals surface area contributed by atoms with Gasteiger partial charge in [0.1, 0.15) is 5.75 Å². The number of amides is 1. The molecule has 2 rings (SSSR count). The van der Waals surface area contributed by atoms with E-state index >= 15 is 0 Å². The van der Waals surface area contributed by atoms with Crippen LogP contribution >= 0.6 is 15.9 Å². The number of hydrogen-bond acceptors (Lipinski definition) is 3. The molecule has 2 N–H and O–H groups in total. The monoisotopic (exact) mass is 311 g/mol. The molecule has 4 nitrogen and oxygen atoms in total. The Morgan fingerprint density at radius 2 is 2.22 bits per heavy atom. The highest BCUT2D eigenvalue weighted by Crippen LogP contribution is 2.35. The maximum absolute atomic E-state index is 12.2. The smallest absolute Gasteiger partial charge is 0.224 e. The van der Waals surface area contributed by atoms with Crippen LogP contribution in [0.4, 0.5) is 5.69 Å². The van der Waals surface area contributed by atoms with Crippen LogP contribution in [0.1, 0.15) is 35.7 Å². The van der Waals surface area contributed by atoms with Gasteiger partial charge in [0.15, 0.2) is 5.78 Å². The van der Waals surface area contributed by atoms with E-state index in [0.29, 0.717) is 30.5 Å². The summed E-state index contributed by atoms with van der Waals surface area (Å²) in [6.07, 6.45) is 1.52. The van der Waals surface area contributed by atoms with E-state index in [2.05, 4.69) is 21.2 Å². The SMILES string of the molecule is CCC(Br)C(=O)c1ccc(O)c2c1CCC(=O)N2. The van der Waals surface area contributed by atoms with E-state index in [1.54, 1.807) is 6.07 Å². The number of hydrogen-bond donors (Lipinski definition) is 2. The van der Waals surface area contributed by atoms with Gasteiger partial charge in [-0.1, -0.05) is 22.9 Å². The van der Waals surface area contributed by atoms with Gasteiger partial charge in [-0.3, -0.25) is 9.59 Å². The van der Waals surface area contributed by atoms with E-state index in [9.17, 15) is 14.7 Å². The predicted molar refractivity (Wildman–Crippen MR) is 72.4 cm³/mol. The summed E-state index contributed by atoms with van der Waals surface area (Å²) in [5.41, 5.74) is 1.69. The standard InChI is InChI=1S/C13H14BrNO3/c1-2-9(14)13(18)8-3-5-10(16)12-7(8)4-6-11(17)15-12/h3,5,9,16H,2,4,6H2,1H3,(H,15,17).